The number of urea groups is 1. The molecule has 2 aliphatic heterocycles. The summed E-state index contributed by atoms with van der Waals surface area (Å²) in [4.78, 5) is 46.1. The molecule has 47 heavy (non-hydrogen) atoms. The fourth-order valence-electron chi connectivity index (χ4n) is 6.35. The molecule has 2 unspecified atom stereocenters. The van der Waals surface area contributed by atoms with E-state index in [1.165, 1.54) is 4.90 Å². The third-order valence-corrected chi connectivity index (χ3v) is 8.82. The highest BCUT2D eigenvalue weighted by molar-refractivity contribution is 5.91. The summed E-state index contributed by atoms with van der Waals surface area (Å²) in [5, 5.41) is 17.7. The Hall–Kier alpha value is -4.35. The lowest BCUT2D eigenvalue weighted by Gasteiger charge is -2.38. The molecular weight excluding hydrogens is 604 g/mol. The van der Waals surface area contributed by atoms with Crippen LogP contribution in [0.15, 0.2) is 78.9 Å². The normalized spacial score (nSPS) is 19.6. The molecule has 0 radical (unpaired) electrons. The van der Waals surface area contributed by atoms with Crippen molar-refractivity contribution in [1.82, 2.24) is 25.3 Å². The SMILES string of the molecule is CCCCCN1CC(C(=O)NC(Cc2cc(F)cc(F)c2)[C@H](O)[C@@H]2NCCN(Cc3ccccc3)C2=O)N(Cc2ccccc2)C1=O. The highest BCUT2D eigenvalue weighted by Gasteiger charge is 2.44. The van der Waals surface area contributed by atoms with Crippen LogP contribution in [-0.2, 0) is 29.1 Å². The van der Waals surface area contributed by atoms with Crippen molar-refractivity contribution in [3.8, 4) is 0 Å². The van der Waals surface area contributed by atoms with Crippen molar-refractivity contribution < 1.29 is 28.3 Å². The van der Waals surface area contributed by atoms with Gasteiger partial charge in [-0.05, 0) is 41.7 Å². The number of carbonyl (C=O) groups excluding carboxylic acids is 3. The van der Waals surface area contributed by atoms with Gasteiger partial charge in [-0.15, -0.1) is 0 Å². The Balaban J connectivity index is 1.39. The number of nitrogens with zero attached hydrogens (tertiary/aromatic N) is 3. The number of aliphatic hydroxyl groups excluding tert-OH is 1. The maximum Gasteiger partial charge on any atom is 0.321 e. The van der Waals surface area contributed by atoms with E-state index in [0.29, 0.717) is 26.2 Å². The minimum atomic E-state index is -1.45. The fourth-order valence-corrected chi connectivity index (χ4v) is 6.35. The molecule has 2 heterocycles. The zero-order chi connectivity index (χ0) is 33.3. The molecule has 2 aliphatic rings. The third kappa shape index (κ3) is 8.72. The first-order valence-electron chi connectivity index (χ1n) is 16.3. The molecule has 11 heteroatoms. The number of hydrogen-bond donors (Lipinski definition) is 3. The maximum absolute atomic E-state index is 14.2. The van der Waals surface area contributed by atoms with E-state index in [2.05, 4.69) is 17.6 Å². The number of rotatable bonds is 14. The van der Waals surface area contributed by atoms with Crippen molar-refractivity contribution in [3.05, 3.63) is 107 Å². The van der Waals surface area contributed by atoms with E-state index in [1.807, 2.05) is 60.7 Å². The fraction of sp³-hybridized carbons (Fsp3) is 0.417. The smallest absolute Gasteiger partial charge is 0.321 e. The van der Waals surface area contributed by atoms with E-state index in [0.717, 1.165) is 48.6 Å². The van der Waals surface area contributed by atoms with Crippen LogP contribution < -0.4 is 10.6 Å². The van der Waals surface area contributed by atoms with Crippen LogP contribution in [0, 0.1) is 11.6 Å². The van der Waals surface area contributed by atoms with Crippen LogP contribution in [0.5, 0.6) is 0 Å². The van der Waals surface area contributed by atoms with E-state index >= 15 is 0 Å². The molecule has 0 bridgehead atoms. The molecule has 5 rings (SSSR count). The summed E-state index contributed by atoms with van der Waals surface area (Å²) in [6.45, 7) is 4.13. The van der Waals surface area contributed by atoms with Gasteiger partial charge in [-0.1, -0.05) is 80.4 Å². The molecule has 0 spiro atoms. The lowest BCUT2D eigenvalue weighted by Crippen LogP contribution is -2.64. The van der Waals surface area contributed by atoms with Gasteiger partial charge in [-0.25, -0.2) is 13.6 Å². The van der Waals surface area contributed by atoms with E-state index in [4.69, 9.17) is 0 Å². The number of unbranched alkanes of at least 4 members (excludes halogenated alkanes) is 2. The molecule has 250 valence electrons. The number of carbonyl (C=O) groups is 3. The van der Waals surface area contributed by atoms with Crippen molar-refractivity contribution in [1.29, 1.82) is 0 Å². The Bertz CT molecular complexity index is 1490. The topological polar surface area (TPSA) is 105 Å². The number of hydrogen-bond acceptors (Lipinski definition) is 5. The monoisotopic (exact) mass is 647 g/mol. The van der Waals surface area contributed by atoms with Crippen molar-refractivity contribution >= 4 is 17.8 Å². The van der Waals surface area contributed by atoms with Crippen LogP contribution >= 0.6 is 0 Å². The van der Waals surface area contributed by atoms with Crippen LogP contribution in [-0.4, -0.2) is 88.1 Å². The maximum atomic E-state index is 14.2. The Morgan fingerprint density at radius 3 is 2.19 bits per heavy atom. The lowest BCUT2D eigenvalue weighted by molar-refractivity contribution is -0.141. The average molecular weight is 648 g/mol. The summed E-state index contributed by atoms with van der Waals surface area (Å²) in [5.74, 6) is -2.45. The molecule has 2 fully saturated rings. The van der Waals surface area contributed by atoms with Gasteiger partial charge < -0.3 is 30.4 Å². The summed E-state index contributed by atoms with van der Waals surface area (Å²) in [6, 6.07) is 18.6. The zero-order valence-electron chi connectivity index (χ0n) is 26.7. The van der Waals surface area contributed by atoms with E-state index in [9.17, 15) is 28.3 Å². The molecule has 0 saturated carbocycles. The van der Waals surface area contributed by atoms with Gasteiger partial charge in [0.15, 0.2) is 0 Å². The van der Waals surface area contributed by atoms with Gasteiger partial charge in [0.2, 0.25) is 11.8 Å². The summed E-state index contributed by atoms with van der Waals surface area (Å²) in [5.41, 5.74) is 2.00. The minimum Gasteiger partial charge on any atom is -0.389 e. The second-order valence-electron chi connectivity index (χ2n) is 12.3. The molecule has 0 aromatic heterocycles. The van der Waals surface area contributed by atoms with Gasteiger partial charge in [0.25, 0.3) is 0 Å². The number of benzene rings is 3. The molecule has 4 amide bonds. The summed E-state index contributed by atoms with van der Waals surface area (Å²) in [7, 11) is 0. The quantitative estimate of drug-likeness (QED) is 0.231. The summed E-state index contributed by atoms with van der Waals surface area (Å²) in [6.07, 6.45) is 1.14. The number of piperazine rings is 1. The Labute approximate surface area is 274 Å². The zero-order valence-corrected chi connectivity index (χ0v) is 26.7. The highest BCUT2D eigenvalue weighted by atomic mass is 19.1. The molecule has 2 saturated heterocycles. The average Bonchev–Trinajstić information content (AvgIpc) is 3.36. The van der Waals surface area contributed by atoms with Gasteiger partial charge >= 0.3 is 6.03 Å². The van der Waals surface area contributed by atoms with Gasteiger partial charge in [0, 0.05) is 38.8 Å². The first-order chi connectivity index (χ1) is 22.7. The summed E-state index contributed by atoms with van der Waals surface area (Å²) < 4.78 is 28.4. The molecule has 3 aromatic carbocycles. The van der Waals surface area contributed by atoms with E-state index in [-0.39, 0.29) is 37.0 Å². The van der Waals surface area contributed by atoms with Crippen molar-refractivity contribution in [2.24, 2.45) is 0 Å². The van der Waals surface area contributed by atoms with Crippen molar-refractivity contribution in [3.63, 3.8) is 0 Å². The Morgan fingerprint density at radius 2 is 1.55 bits per heavy atom. The first-order valence-corrected chi connectivity index (χ1v) is 16.3. The molecular formula is C36H43F2N5O4. The van der Waals surface area contributed by atoms with Gasteiger partial charge in [0.05, 0.1) is 18.7 Å². The second kappa shape index (κ2) is 16.0. The largest absolute Gasteiger partial charge is 0.389 e. The number of halogens is 2. The Kier molecular flexibility index (Phi) is 11.6. The molecule has 0 aliphatic carbocycles. The Morgan fingerprint density at radius 1 is 0.915 bits per heavy atom. The third-order valence-electron chi connectivity index (χ3n) is 8.82. The predicted octanol–water partition coefficient (Wildman–Crippen LogP) is 3.85. The van der Waals surface area contributed by atoms with E-state index < -0.39 is 41.8 Å². The van der Waals surface area contributed by atoms with Gasteiger partial charge in [-0.3, -0.25) is 9.59 Å². The van der Waals surface area contributed by atoms with Crippen LogP contribution in [0.3, 0.4) is 0 Å². The lowest BCUT2D eigenvalue weighted by atomic mass is 9.93. The standard InChI is InChI=1S/C36H43F2N5O4/c1-2-3-10-16-42-24-31(43(36(42)47)23-26-13-8-5-9-14-26)34(45)40-30(20-27-18-28(37)21-29(38)19-27)33(44)32-35(46)41(17-15-39-32)22-25-11-6-4-7-12-25/h4-9,11-14,18-19,21,30-33,39,44H,2-3,10,15-17,20,22-24H2,1H3,(H,40,45)/t30?,31?,32-,33-/m0/s1. The van der Waals surface area contributed by atoms with Gasteiger partial charge in [0.1, 0.15) is 23.7 Å². The van der Waals surface area contributed by atoms with Crippen LogP contribution in [0.4, 0.5) is 13.6 Å². The van der Waals surface area contributed by atoms with E-state index in [1.54, 1.807) is 9.80 Å². The second-order valence-corrected chi connectivity index (χ2v) is 12.3. The van der Waals surface area contributed by atoms with Crippen LogP contribution in [0.25, 0.3) is 0 Å². The predicted molar refractivity (Wildman–Crippen MR) is 174 cm³/mol. The summed E-state index contributed by atoms with van der Waals surface area (Å²) >= 11 is 0. The van der Waals surface area contributed by atoms with Crippen LogP contribution in [0.1, 0.15) is 42.9 Å². The highest BCUT2D eigenvalue weighted by Crippen LogP contribution is 2.22. The molecule has 4 atom stereocenters. The first kappa shape index (κ1) is 34.0. The van der Waals surface area contributed by atoms with Crippen molar-refractivity contribution in [2.75, 3.05) is 26.2 Å². The molecule has 3 N–H and O–H groups in total. The number of aliphatic hydroxyl groups is 1. The number of amides is 4. The van der Waals surface area contributed by atoms with Crippen molar-refractivity contribution in [2.45, 2.75) is 69.9 Å². The minimum absolute atomic E-state index is 0.148. The number of nitrogens with one attached hydrogen (secondary N) is 2. The molecule has 9 nitrogen and oxygen atoms in total. The van der Waals surface area contributed by atoms with Crippen LogP contribution in [0.2, 0.25) is 0 Å². The molecule has 3 aromatic rings. The van der Waals surface area contributed by atoms with Gasteiger partial charge in [-0.2, -0.15) is 0 Å².